The van der Waals surface area contributed by atoms with Crippen molar-refractivity contribution in [2.24, 2.45) is 45.8 Å². The van der Waals surface area contributed by atoms with Crippen LogP contribution in [0.25, 0.3) is 0 Å². The van der Waals surface area contributed by atoms with E-state index in [0.717, 1.165) is 31.1 Å². The first-order valence-corrected chi connectivity index (χ1v) is 12.3. The zero-order chi connectivity index (χ0) is 21.0. The highest BCUT2D eigenvalue weighted by molar-refractivity contribution is 5.74. The van der Waals surface area contributed by atoms with Crippen LogP contribution in [0.5, 0.6) is 0 Å². The molecule has 0 aromatic heterocycles. The highest BCUT2D eigenvalue weighted by atomic mass is 16.5. The molecule has 4 nitrogen and oxygen atoms in total. The Morgan fingerprint density at radius 2 is 1.62 bits per heavy atom. The summed E-state index contributed by atoms with van der Waals surface area (Å²) in [6.45, 7) is 10.1. The SMILES string of the molecule is C[C@H](CCC(=O)NO)[C@H]1CC[C@H]2[C@]3(C)CC[C@@H]4C[C@H](O)CC[C@]4(C)[C@H]3CC[C@@]21C. The third-order valence-electron chi connectivity index (χ3n) is 10.9. The minimum Gasteiger partial charge on any atom is -0.393 e. The van der Waals surface area contributed by atoms with E-state index in [0.29, 0.717) is 40.4 Å². The van der Waals surface area contributed by atoms with E-state index in [1.54, 1.807) is 5.48 Å². The van der Waals surface area contributed by atoms with Crippen molar-refractivity contribution in [3.05, 3.63) is 0 Å². The van der Waals surface area contributed by atoms with E-state index in [1.807, 2.05) is 0 Å². The molecule has 166 valence electrons. The molecule has 4 rings (SSSR count). The number of hydrogen-bond donors (Lipinski definition) is 3. The standard InChI is InChI=1S/C25H43NO3/c1-16(5-8-22(28)26-29)19-6-7-20-24(19,3)14-11-21-23(2)13-10-18(27)15-17(23)9-12-25(20,21)4/h16-21,27,29H,5-15H2,1-4H3,(H,26,28)/t16-,17-,18-,19-,20-,21-,23+,24-,25+/m1/s1. The van der Waals surface area contributed by atoms with Crippen molar-refractivity contribution in [1.29, 1.82) is 0 Å². The van der Waals surface area contributed by atoms with Gasteiger partial charge in [0.25, 0.3) is 0 Å². The lowest BCUT2D eigenvalue weighted by atomic mass is 9.39. The number of aliphatic hydroxyl groups excluding tert-OH is 1. The number of carbonyl (C=O) groups excluding carboxylic acids is 1. The van der Waals surface area contributed by atoms with Crippen molar-refractivity contribution >= 4 is 5.91 Å². The molecule has 4 aliphatic rings. The number of hydrogen-bond acceptors (Lipinski definition) is 3. The number of nitrogens with one attached hydrogen (secondary N) is 1. The van der Waals surface area contributed by atoms with Crippen LogP contribution in [0, 0.1) is 45.8 Å². The monoisotopic (exact) mass is 405 g/mol. The van der Waals surface area contributed by atoms with Gasteiger partial charge in [-0.2, -0.15) is 0 Å². The van der Waals surface area contributed by atoms with E-state index in [1.165, 1.54) is 44.9 Å². The number of carbonyl (C=O) groups is 1. The molecule has 0 unspecified atom stereocenters. The zero-order valence-corrected chi connectivity index (χ0v) is 19.0. The van der Waals surface area contributed by atoms with Gasteiger partial charge in [0.05, 0.1) is 6.10 Å². The largest absolute Gasteiger partial charge is 0.393 e. The number of amides is 1. The first kappa shape index (κ1) is 21.6. The topological polar surface area (TPSA) is 69.6 Å². The molecule has 1 amide bonds. The minimum absolute atomic E-state index is 0.0703. The van der Waals surface area contributed by atoms with Gasteiger partial charge in [0, 0.05) is 6.42 Å². The molecule has 0 aromatic carbocycles. The van der Waals surface area contributed by atoms with Crippen LogP contribution in [-0.4, -0.2) is 22.3 Å². The van der Waals surface area contributed by atoms with E-state index in [-0.39, 0.29) is 12.0 Å². The van der Waals surface area contributed by atoms with E-state index in [9.17, 15) is 9.90 Å². The smallest absolute Gasteiger partial charge is 0.243 e. The third kappa shape index (κ3) is 3.28. The maximum absolute atomic E-state index is 11.5. The maximum atomic E-state index is 11.5. The van der Waals surface area contributed by atoms with Crippen LogP contribution in [0.4, 0.5) is 0 Å². The second kappa shape index (κ2) is 7.51. The summed E-state index contributed by atoms with van der Waals surface area (Å²) in [5.74, 6) is 3.26. The summed E-state index contributed by atoms with van der Waals surface area (Å²) in [5, 5.41) is 19.1. The molecule has 4 saturated carbocycles. The van der Waals surface area contributed by atoms with Gasteiger partial charge < -0.3 is 5.11 Å². The normalized spacial score (nSPS) is 50.2. The molecular formula is C25H43NO3. The van der Waals surface area contributed by atoms with Gasteiger partial charge in [-0.15, -0.1) is 0 Å². The average molecular weight is 406 g/mol. The molecule has 0 saturated heterocycles. The Morgan fingerprint density at radius 3 is 2.34 bits per heavy atom. The van der Waals surface area contributed by atoms with Crippen molar-refractivity contribution < 1.29 is 15.1 Å². The second-order valence-electron chi connectivity index (χ2n) is 12.1. The van der Waals surface area contributed by atoms with Crippen molar-refractivity contribution in [3.8, 4) is 0 Å². The van der Waals surface area contributed by atoms with Crippen LogP contribution in [-0.2, 0) is 4.79 Å². The molecule has 4 fully saturated rings. The van der Waals surface area contributed by atoms with Crippen LogP contribution in [0.15, 0.2) is 0 Å². The Morgan fingerprint density at radius 1 is 0.966 bits per heavy atom. The van der Waals surface area contributed by atoms with Gasteiger partial charge in [-0.3, -0.25) is 10.0 Å². The molecule has 29 heavy (non-hydrogen) atoms. The van der Waals surface area contributed by atoms with Gasteiger partial charge in [-0.25, -0.2) is 5.48 Å². The summed E-state index contributed by atoms with van der Waals surface area (Å²) in [7, 11) is 0. The number of hydroxylamine groups is 1. The molecule has 0 aromatic rings. The van der Waals surface area contributed by atoms with Crippen LogP contribution in [0.1, 0.15) is 98.3 Å². The molecule has 0 heterocycles. The van der Waals surface area contributed by atoms with Gasteiger partial charge in [-0.1, -0.05) is 27.7 Å². The fraction of sp³-hybridized carbons (Fsp3) is 0.960. The van der Waals surface area contributed by atoms with E-state index in [2.05, 4.69) is 27.7 Å². The van der Waals surface area contributed by atoms with Crippen LogP contribution in [0.2, 0.25) is 0 Å². The predicted octanol–water partition coefficient (Wildman–Crippen LogP) is 5.32. The molecular weight excluding hydrogens is 362 g/mol. The fourth-order valence-corrected chi connectivity index (χ4v) is 9.51. The molecule has 9 atom stereocenters. The van der Waals surface area contributed by atoms with Crippen molar-refractivity contribution in [3.63, 3.8) is 0 Å². The van der Waals surface area contributed by atoms with Crippen LogP contribution >= 0.6 is 0 Å². The lowest BCUT2D eigenvalue weighted by Gasteiger charge is -2.66. The second-order valence-corrected chi connectivity index (χ2v) is 12.1. The molecule has 4 aliphatic carbocycles. The molecule has 0 spiro atoms. The van der Waals surface area contributed by atoms with E-state index < -0.39 is 0 Å². The lowest BCUT2D eigenvalue weighted by molar-refractivity contribution is -0.176. The molecule has 4 heteroatoms. The number of aliphatic hydroxyl groups is 1. The Labute approximate surface area is 177 Å². The Kier molecular flexibility index (Phi) is 5.60. The predicted molar refractivity (Wildman–Crippen MR) is 114 cm³/mol. The van der Waals surface area contributed by atoms with Crippen molar-refractivity contribution in [2.75, 3.05) is 0 Å². The first-order valence-electron chi connectivity index (χ1n) is 12.3. The summed E-state index contributed by atoms with van der Waals surface area (Å²) in [6, 6.07) is 0. The van der Waals surface area contributed by atoms with Gasteiger partial charge >= 0.3 is 0 Å². The van der Waals surface area contributed by atoms with Gasteiger partial charge in [-0.05, 0) is 110 Å². The van der Waals surface area contributed by atoms with Gasteiger partial charge in [0.2, 0.25) is 5.91 Å². The number of fused-ring (bicyclic) bond motifs is 5. The summed E-state index contributed by atoms with van der Waals surface area (Å²) in [4.78, 5) is 11.5. The summed E-state index contributed by atoms with van der Waals surface area (Å²) in [6.07, 6.45) is 12.4. The first-order chi connectivity index (χ1) is 13.6. The minimum atomic E-state index is -0.252. The van der Waals surface area contributed by atoms with Crippen molar-refractivity contribution in [1.82, 2.24) is 5.48 Å². The van der Waals surface area contributed by atoms with E-state index in [4.69, 9.17) is 5.21 Å². The molecule has 0 radical (unpaired) electrons. The quantitative estimate of drug-likeness (QED) is 0.438. The van der Waals surface area contributed by atoms with Crippen LogP contribution < -0.4 is 5.48 Å². The summed E-state index contributed by atoms with van der Waals surface area (Å²) >= 11 is 0. The Hall–Kier alpha value is -0.610. The molecule has 0 bridgehead atoms. The maximum Gasteiger partial charge on any atom is 0.243 e. The summed E-state index contributed by atoms with van der Waals surface area (Å²) in [5.41, 5.74) is 3.02. The lowest BCUT2D eigenvalue weighted by Crippen LogP contribution is -2.59. The highest BCUT2D eigenvalue weighted by Gasteiger charge is 2.65. The van der Waals surface area contributed by atoms with Gasteiger partial charge in [0.1, 0.15) is 0 Å². The average Bonchev–Trinajstić information content (AvgIpc) is 3.05. The zero-order valence-electron chi connectivity index (χ0n) is 19.0. The van der Waals surface area contributed by atoms with Crippen LogP contribution in [0.3, 0.4) is 0 Å². The Balaban J connectivity index is 1.54. The third-order valence-corrected chi connectivity index (χ3v) is 10.9. The molecule has 0 aliphatic heterocycles. The van der Waals surface area contributed by atoms with Crippen molar-refractivity contribution in [2.45, 2.75) is 104 Å². The Bertz CT molecular complexity index is 638. The van der Waals surface area contributed by atoms with E-state index >= 15 is 0 Å². The highest BCUT2D eigenvalue weighted by Crippen LogP contribution is 2.73. The number of rotatable bonds is 4. The fourth-order valence-electron chi connectivity index (χ4n) is 9.51. The molecule has 3 N–H and O–H groups in total. The van der Waals surface area contributed by atoms with Gasteiger partial charge in [0.15, 0.2) is 0 Å². The summed E-state index contributed by atoms with van der Waals surface area (Å²) < 4.78 is 0.